The van der Waals surface area contributed by atoms with Crippen molar-refractivity contribution in [2.75, 3.05) is 0 Å². The Morgan fingerprint density at radius 2 is 1.93 bits per heavy atom. The van der Waals surface area contributed by atoms with Gasteiger partial charge in [0.2, 0.25) is 0 Å². The average molecular weight is 252 g/mol. The Balaban J connectivity index is 0.00000112. The minimum atomic E-state index is -0.915. The largest absolute Gasteiger partial charge is 0.478 e. The Morgan fingerprint density at radius 1 is 1.27 bits per heavy atom. The molecule has 2 rings (SSSR count). The molecule has 0 amide bonds. The number of rotatable bonds is 2. The van der Waals surface area contributed by atoms with Crippen molar-refractivity contribution in [3.63, 3.8) is 0 Å². The second-order valence-electron chi connectivity index (χ2n) is 2.82. The van der Waals surface area contributed by atoms with Crippen molar-refractivity contribution >= 4 is 5.97 Å². The number of aromatic nitrogens is 2. The van der Waals surface area contributed by atoms with Crippen molar-refractivity contribution in [2.45, 2.75) is 0 Å². The van der Waals surface area contributed by atoms with Crippen LogP contribution < -0.4 is 0 Å². The van der Waals surface area contributed by atoms with Crippen molar-refractivity contribution < 1.29 is 27.0 Å². The normalized spacial score (nSPS) is 9.33. The van der Waals surface area contributed by atoms with Crippen molar-refractivity contribution in [1.82, 2.24) is 9.55 Å². The van der Waals surface area contributed by atoms with Crippen molar-refractivity contribution in [3.05, 3.63) is 48.5 Å². The maximum absolute atomic E-state index is 10.6. The number of hydrogen-bond acceptors (Lipinski definition) is 2. The fourth-order valence-electron chi connectivity index (χ4n) is 1.19. The summed E-state index contributed by atoms with van der Waals surface area (Å²) in [6, 6.07) is 6.62. The van der Waals surface area contributed by atoms with Crippen LogP contribution in [0.1, 0.15) is 10.4 Å². The molecule has 0 bridgehead atoms. The molecule has 5 heteroatoms. The first-order valence-corrected chi connectivity index (χ1v) is 4.09. The third-order valence-corrected chi connectivity index (χ3v) is 1.92. The monoisotopic (exact) mass is 251 g/mol. The summed E-state index contributed by atoms with van der Waals surface area (Å²) in [7, 11) is 0. The molecule has 0 saturated carbocycles. The van der Waals surface area contributed by atoms with Gasteiger partial charge in [0.25, 0.3) is 0 Å². The van der Waals surface area contributed by atoms with E-state index < -0.39 is 5.97 Å². The van der Waals surface area contributed by atoms with Crippen LogP contribution in [-0.2, 0) is 17.1 Å². The molecule has 1 aromatic heterocycles. The molecule has 1 N–H and O–H groups in total. The number of carbonyl (C=O) groups is 1. The summed E-state index contributed by atoms with van der Waals surface area (Å²) in [5.41, 5.74) is 1.18. The van der Waals surface area contributed by atoms with Crippen LogP contribution in [0.15, 0.2) is 43.0 Å². The van der Waals surface area contributed by atoms with E-state index in [0.29, 0.717) is 0 Å². The van der Waals surface area contributed by atoms with Gasteiger partial charge in [-0.05, 0) is 24.3 Å². The molecule has 0 fully saturated rings. The smallest absolute Gasteiger partial charge is 0.335 e. The standard InChI is InChI=1S/C10H8N2O2.Cu/c13-10(14)8-1-3-9(4-2-8)12-6-5-11-7-12;/h1-7H,(H,13,14);. The van der Waals surface area contributed by atoms with Crippen LogP contribution in [0, 0.1) is 0 Å². The number of nitrogens with zero attached hydrogens (tertiary/aromatic N) is 2. The van der Waals surface area contributed by atoms with E-state index in [9.17, 15) is 4.79 Å². The van der Waals surface area contributed by atoms with Gasteiger partial charge < -0.3 is 9.67 Å². The third kappa shape index (κ3) is 2.46. The second-order valence-corrected chi connectivity index (χ2v) is 2.82. The molecule has 81 valence electrons. The second kappa shape index (κ2) is 4.77. The summed E-state index contributed by atoms with van der Waals surface area (Å²) in [5.74, 6) is -0.915. The Bertz CT molecular complexity index is 437. The van der Waals surface area contributed by atoms with E-state index in [1.165, 1.54) is 0 Å². The number of benzene rings is 1. The minimum absolute atomic E-state index is 0. The molecular formula is C10H8CuN2O2. The summed E-state index contributed by atoms with van der Waals surface area (Å²) < 4.78 is 1.81. The Hall–Kier alpha value is -1.58. The molecule has 1 aromatic carbocycles. The van der Waals surface area contributed by atoms with Gasteiger partial charge in [-0.25, -0.2) is 9.78 Å². The van der Waals surface area contributed by atoms with Crippen LogP contribution in [0.2, 0.25) is 0 Å². The summed E-state index contributed by atoms with van der Waals surface area (Å²) in [6.07, 6.45) is 5.14. The van der Waals surface area contributed by atoms with Gasteiger partial charge in [-0.2, -0.15) is 0 Å². The molecule has 0 aliphatic heterocycles. The van der Waals surface area contributed by atoms with E-state index in [1.54, 1.807) is 43.0 Å². The Kier molecular flexibility index (Phi) is 3.66. The van der Waals surface area contributed by atoms with Crippen LogP contribution in [0.25, 0.3) is 5.69 Å². The van der Waals surface area contributed by atoms with Gasteiger partial charge in [-0.15, -0.1) is 0 Å². The first-order chi connectivity index (χ1) is 6.77. The molecule has 2 aromatic rings. The molecule has 0 unspecified atom stereocenters. The fraction of sp³-hybridized carbons (Fsp3) is 0. The molecule has 0 aliphatic carbocycles. The van der Waals surface area contributed by atoms with Gasteiger partial charge in [-0.3, -0.25) is 0 Å². The fourth-order valence-corrected chi connectivity index (χ4v) is 1.19. The molecule has 15 heavy (non-hydrogen) atoms. The van der Waals surface area contributed by atoms with E-state index in [4.69, 9.17) is 5.11 Å². The average Bonchev–Trinajstić information content (AvgIpc) is 2.71. The molecule has 0 aliphatic rings. The third-order valence-electron chi connectivity index (χ3n) is 1.92. The zero-order valence-corrected chi connectivity index (χ0v) is 8.53. The molecule has 4 nitrogen and oxygen atoms in total. The Labute approximate surface area is 97.0 Å². The van der Waals surface area contributed by atoms with Crippen LogP contribution in [0.5, 0.6) is 0 Å². The number of aromatic carboxylic acids is 1. The van der Waals surface area contributed by atoms with Gasteiger partial charge in [0, 0.05) is 35.1 Å². The summed E-state index contributed by atoms with van der Waals surface area (Å²) in [6.45, 7) is 0. The van der Waals surface area contributed by atoms with Crippen molar-refractivity contribution in [3.8, 4) is 5.69 Å². The Morgan fingerprint density at radius 3 is 2.40 bits per heavy atom. The minimum Gasteiger partial charge on any atom is -0.478 e. The zero-order valence-electron chi connectivity index (χ0n) is 7.59. The zero-order chi connectivity index (χ0) is 9.97. The maximum Gasteiger partial charge on any atom is 0.335 e. The van der Waals surface area contributed by atoms with Gasteiger partial charge >= 0.3 is 5.97 Å². The van der Waals surface area contributed by atoms with E-state index in [1.807, 2.05) is 4.57 Å². The molecule has 1 heterocycles. The predicted octanol–water partition coefficient (Wildman–Crippen LogP) is 1.57. The van der Waals surface area contributed by atoms with Gasteiger partial charge in [0.05, 0.1) is 11.9 Å². The van der Waals surface area contributed by atoms with Crippen molar-refractivity contribution in [1.29, 1.82) is 0 Å². The van der Waals surface area contributed by atoms with E-state index in [0.717, 1.165) is 5.69 Å². The van der Waals surface area contributed by atoms with Gasteiger partial charge in [-0.1, -0.05) is 0 Å². The summed E-state index contributed by atoms with van der Waals surface area (Å²) in [4.78, 5) is 14.5. The molecule has 0 atom stereocenters. The van der Waals surface area contributed by atoms with Gasteiger partial charge in [0.15, 0.2) is 0 Å². The number of hydrogen-bond donors (Lipinski definition) is 1. The number of carboxylic acids is 1. The quantitative estimate of drug-likeness (QED) is 0.825. The van der Waals surface area contributed by atoms with E-state index in [-0.39, 0.29) is 22.6 Å². The number of carboxylic acid groups (broad SMARTS) is 1. The van der Waals surface area contributed by atoms with Crippen molar-refractivity contribution in [2.24, 2.45) is 0 Å². The molecule has 0 spiro atoms. The number of imidazole rings is 1. The van der Waals surface area contributed by atoms with Crippen LogP contribution in [0.3, 0.4) is 0 Å². The van der Waals surface area contributed by atoms with Gasteiger partial charge in [0.1, 0.15) is 0 Å². The van der Waals surface area contributed by atoms with E-state index >= 15 is 0 Å². The molecule has 1 radical (unpaired) electrons. The maximum atomic E-state index is 10.6. The topological polar surface area (TPSA) is 55.1 Å². The first-order valence-electron chi connectivity index (χ1n) is 4.09. The van der Waals surface area contributed by atoms with E-state index in [2.05, 4.69) is 4.98 Å². The molecule has 0 saturated heterocycles. The summed E-state index contributed by atoms with van der Waals surface area (Å²) in [5, 5.41) is 8.69. The van der Waals surface area contributed by atoms with Crippen LogP contribution in [-0.4, -0.2) is 20.6 Å². The van der Waals surface area contributed by atoms with Crippen LogP contribution in [0.4, 0.5) is 0 Å². The SMILES string of the molecule is O=C(O)c1ccc(-n2ccnc2)cc1.[Cu]. The summed E-state index contributed by atoms with van der Waals surface area (Å²) >= 11 is 0. The molecular weight excluding hydrogens is 244 g/mol. The predicted molar refractivity (Wildman–Crippen MR) is 50.5 cm³/mol. The first kappa shape index (κ1) is 11.5. The van der Waals surface area contributed by atoms with Crippen LogP contribution >= 0.6 is 0 Å².